The van der Waals surface area contributed by atoms with E-state index in [0.717, 1.165) is 5.92 Å². The minimum Gasteiger partial charge on any atom is -0.367 e. The Morgan fingerprint density at radius 2 is 2.25 bits per heavy atom. The molecule has 0 bridgehead atoms. The van der Waals surface area contributed by atoms with E-state index >= 15 is 0 Å². The lowest BCUT2D eigenvalue weighted by atomic mass is 9.98. The molecule has 0 spiro atoms. The van der Waals surface area contributed by atoms with Crippen LogP contribution in [0.5, 0.6) is 0 Å². The summed E-state index contributed by atoms with van der Waals surface area (Å²) in [5.41, 5.74) is 0. The van der Waals surface area contributed by atoms with Crippen LogP contribution in [-0.2, 0) is 0 Å². The Morgan fingerprint density at radius 3 is 2.92 bits per heavy atom. The topological polar surface area (TPSA) is 15.3 Å². The molecule has 1 fully saturated rings. The van der Waals surface area contributed by atoms with Gasteiger partial charge in [-0.2, -0.15) is 0 Å². The van der Waals surface area contributed by atoms with E-state index in [1.807, 2.05) is 11.8 Å². The van der Waals surface area contributed by atoms with Crippen molar-refractivity contribution >= 4 is 11.8 Å². The molecule has 1 N–H and O–H groups in total. The monoisotopic (exact) mass is 184 g/mol. The van der Waals surface area contributed by atoms with E-state index in [9.17, 15) is 0 Å². The zero-order chi connectivity index (χ0) is 8.23. The first-order valence-corrected chi connectivity index (χ1v) is 5.73. The Bertz CT molecular complexity index is 164. The van der Waals surface area contributed by atoms with Crippen LogP contribution >= 0.6 is 11.8 Å². The van der Waals surface area contributed by atoms with E-state index in [1.54, 1.807) is 0 Å². The fourth-order valence-electron chi connectivity index (χ4n) is 1.82. The van der Waals surface area contributed by atoms with E-state index in [-0.39, 0.29) is 0 Å². The van der Waals surface area contributed by atoms with Crippen LogP contribution in [0.15, 0.2) is 11.6 Å². The van der Waals surface area contributed by atoms with Gasteiger partial charge < -0.3 is 10.2 Å². The van der Waals surface area contributed by atoms with Crippen molar-refractivity contribution in [1.82, 2.24) is 10.2 Å². The summed E-state index contributed by atoms with van der Waals surface area (Å²) in [6.45, 7) is 3.70. The molecule has 0 aromatic rings. The van der Waals surface area contributed by atoms with Crippen molar-refractivity contribution in [2.75, 3.05) is 25.5 Å². The number of rotatable bonds is 2. The number of nitrogens with one attached hydrogen (secondary N) is 1. The quantitative estimate of drug-likeness (QED) is 0.699. The highest BCUT2D eigenvalue weighted by Gasteiger charge is 2.16. The van der Waals surface area contributed by atoms with Gasteiger partial charge in [0.2, 0.25) is 0 Å². The van der Waals surface area contributed by atoms with Gasteiger partial charge in [-0.05, 0) is 37.3 Å². The summed E-state index contributed by atoms with van der Waals surface area (Å²) in [5, 5.41) is 5.59. The van der Waals surface area contributed by atoms with E-state index < -0.39 is 0 Å². The zero-order valence-corrected chi connectivity index (χ0v) is 8.15. The summed E-state index contributed by atoms with van der Waals surface area (Å²) in [7, 11) is 0. The predicted octanol–water partition coefficient (Wildman–Crippen LogP) is 1.46. The molecule has 1 saturated heterocycles. The van der Waals surface area contributed by atoms with Crippen LogP contribution in [-0.4, -0.2) is 30.4 Å². The first kappa shape index (κ1) is 8.45. The van der Waals surface area contributed by atoms with Crippen molar-refractivity contribution in [2.45, 2.75) is 12.8 Å². The van der Waals surface area contributed by atoms with Gasteiger partial charge in [-0.3, -0.25) is 0 Å². The van der Waals surface area contributed by atoms with E-state index in [2.05, 4.69) is 21.8 Å². The molecule has 12 heavy (non-hydrogen) atoms. The van der Waals surface area contributed by atoms with Crippen LogP contribution in [0.2, 0.25) is 0 Å². The van der Waals surface area contributed by atoms with Crippen LogP contribution in [0.1, 0.15) is 12.8 Å². The molecule has 0 unspecified atom stereocenters. The van der Waals surface area contributed by atoms with Crippen molar-refractivity contribution in [2.24, 2.45) is 5.92 Å². The maximum absolute atomic E-state index is 3.40. The summed E-state index contributed by atoms with van der Waals surface area (Å²) in [6, 6.07) is 0. The minimum absolute atomic E-state index is 0.926. The third kappa shape index (κ3) is 2.17. The van der Waals surface area contributed by atoms with Crippen LogP contribution in [0.4, 0.5) is 0 Å². The van der Waals surface area contributed by atoms with Gasteiger partial charge >= 0.3 is 0 Å². The molecule has 0 atom stereocenters. The SMILES string of the molecule is C1=CN(CC2CCNCC2)CS1. The third-order valence-corrected chi connectivity index (χ3v) is 3.35. The van der Waals surface area contributed by atoms with E-state index in [1.165, 1.54) is 38.4 Å². The third-order valence-electron chi connectivity index (χ3n) is 2.56. The molecule has 0 saturated carbocycles. The van der Waals surface area contributed by atoms with Crippen LogP contribution in [0.25, 0.3) is 0 Å². The highest BCUT2D eigenvalue weighted by atomic mass is 32.2. The van der Waals surface area contributed by atoms with Gasteiger partial charge in [-0.25, -0.2) is 0 Å². The summed E-state index contributed by atoms with van der Waals surface area (Å²) in [4.78, 5) is 2.43. The fraction of sp³-hybridized carbons (Fsp3) is 0.778. The molecular weight excluding hydrogens is 168 g/mol. The summed E-state index contributed by atoms with van der Waals surface area (Å²) in [5.74, 6) is 2.10. The predicted molar refractivity (Wildman–Crippen MR) is 53.9 cm³/mol. The Kier molecular flexibility index (Phi) is 2.95. The van der Waals surface area contributed by atoms with Crippen molar-refractivity contribution < 1.29 is 0 Å². The molecule has 2 nitrogen and oxygen atoms in total. The van der Waals surface area contributed by atoms with E-state index in [4.69, 9.17) is 0 Å². The molecule has 3 heteroatoms. The minimum atomic E-state index is 0.926. The largest absolute Gasteiger partial charge is 0.367 e. The molecule has 2 heterocycles. The molecule has 2 rings (SSSR count). The van der Waals surface area contributed by atoms with E-state index in [0.29, 0.717) is 0 Å². The Balaban J connectivity index is 1.73. The number of piperidine rings is 1. The number of hydrogen-bond donors (Lipinski definition) is 1. The lowest BCUT2D eigenvalue weighted by Crippen LogP contribution is -2.33. The molecule has 2 aliphatic rings. The standard InChI is InChI=1S/C9H16N2S/c1-3-10-4-2-9(1)7-11-5-6-12-8-11/h5-6,9-10H,1-4,7-8H2. The van der Waals surface area contributed by atoms with Crippen molar-refractivity contribution in [3.8, 4) is 0 Å². The summed E-state index contributed by atoms with van der Waals surface area (Å²) < 4.78 is 0. The summed E-state index contributed by atoms with van der Waals surface area (Å²) in [6.07, 6.45) is 4.94. The second kappa shape index (κ2) is 4.19. The Labute approximate surface area is 78.4 Å². The maximum atomic E-state index is 3.40. The number of nitrogens with zero attached hydrogens (tertiary/aromatic N) is 1. The van der Waals surface area contributed by atoms with Crippen LogP contribution < -0.4 is 5.32 Å². The van der Waals surface area contributed by atoms with Crippen molar-refractivity contribution in [3.05, 3.63) is 11.6 Å². The van der Waals surface area contributed by atoms with Gasteiger partial charge in [0.1, 0.15) is 0 Å². The highest BCUT2D eigenvalue weighted by Crippen LogP contribution is 2.20. The molecule has 2 aliphatic heterocycles. The maximum Gasteiger partial charge on any atom is 0.0675 e. The zero-order valence-electron chi connectivity index (χ0n) is 7.33. The summed E-state index contributed by atoms with van der Waals surface area (Å²) >= 11 is 1.90. The second-order valence-corrected chi connectivity index (χ2v) is 4.41. The molecule has 68 valence electrons. The Hall–Kier alpha value is -0.150. The van der Waals surface area contributed by atoms with Gasteiger partial charge in [0.05, 0.1) is 5.88 Å². The van der Waals surface area contributed by atoms with Gasteiger partial charge in [0, 0.05) is 12.7 Å². The molecule has 0 radical (unpaired) electrons. The van der Waals surface area contributed by atoms with Crippen molar-refractivity contribution in [3.63, 3.8) is 0 Å². The average molecular weight is 184 g/mol. The first-order chi connectivity index (χ1) is 5.95. The van der Waals surface area contributed by atoms with Gasteiger partial charge in [-0.15, -0.1) is 11.8 Å². The van der Waals surface area contributed by atoms with Gasteiger partial charge in [0.15, 0.2) is 0 Å². The van der Waals surface area contributed by atoms with Gasteiger partial charge in [-0.1, -0.05) is 0 Å². The normalized spacial score (nSPS) is 25.2. The van der Waals surface area contributed by atoms with Crippen molar-refractivity contribution in [1.29, 1.82) is 0 Å². The lowest BCUT2D eigenvalue weighted by Gasteiger charge is -2.26. The van der Waals surface area contributed by atoms with Gasteiger partial charge in [0.25, 0.3) is 0 Å². The number of hydrogen-bond acceptors (Lipinski definition) is 3. The van der Waals surface area contributed by atoms with Crippen LogP contribution in [0.3, 0.4) is 0 Å². The first-order valence-electron chi connectivity index (χ1n) is 4.68. The fourth-order valence-corrected chi connectivity index (χ4v) is 2.55. The molecule has 0 aromatic carbocycles. The number of thioether (sulfide) groups is 1. The molecular formula is C9H16N2S. The second-order valence-electron chi connectivity index (χ2n) is 3.55. The van der Waals surface area contributed by atoms with Crippen LogP contribution in [0, 0.1) is 5.92 Å². The highest BCUT2D eigenvalue weighted by molar-refractivity contribution is 8.02. The Morgan fingerprint density at radius 1 is 1.42 bits per heavy atom. The lowest BCUT2D eigenvalue weighted by molar-refractivity contribution is 0.288. The molecule has 0 aliphatic carbocycles. The molecule has 0 aromatic heterocycles. The average Bonchev–Trinajstić information content (AvgIpc) is 2.59. The smallest absolute Gasteiger partial charge is 0.0675 e. The molecule has 0 amide bonds.